The van der Waals surface area contributed by atoms with Crippen molar-refractivity contribution in [1.29, 1.82) is 0 Å². The molecule has 5 heteroatoms. The fourth-order valence-corrected chi connectivity index (χ4v) is 3.00. The van der Waals surface area contributed by atoms with E-state index in [1.54, 1.807) is 0 Å². The van der Waals surface area contributed by atoms with Gasteiger partial charge in [-0.3, -0.25) is 0 Å². The molecule has 4 N–H and O–H groups in total. The fourth-order valence-electron chi connectivity index (χ4n) is 3.00. The van der Waals surface area contributed by atoms with E-state index in [9.17, 15) is 0 Å². The topological polar surface area (TPSA) is 87.8 Å². The summed E-state index contributed by atoms with van der Waals surface area (Å²) in [5, 5.41) is 9.99. The summed E-state index contributed by atoms with van der Waals surface area (Å²) in [4.78, 5) is 12.4. The quantitative estimate of drug-likeness (QED) is 0.539. The zero-order valence-corrected chi connectivity index (χ0v) is 13.2. The first kappa shape index (κ1) is 14.7. The number of anilines is 1. The molecule has 0 aliphatic heterocycles. The van der Waals surface area contributed by atoms with Gasteiger partial charge in [-0.2, -0.15) is 0 Å². The van der Waals surface area contributed by atoms with Gasteiger partial charge in [-0.25, -0.2) is 9.97 Å². The van der Waals surface area contributed by atoms with Crippen molar-refractivity contribution < 1.29 is 5.11 Å². The third-order valence-corrected chi connectivity index (χ3v) is 4.18. The van der Waals surface area contributed by atoms with E-state index in [2.05, 4.69) is 45.3 Å². The van der Waals surface area contributed by atoms with Crippen LogP contribution in [0.15, 0.2) is 48.5 Å². The fraction of sp³-hybridized carbons (Fsp3) is 0.158. The van der Waals surface area contributed by atoms with Gasteiger partial charge in [0.1, 0.15) is 11.3 Å². The van der Waals surface area contributed by atoms with E-state index in [1.807, 2.05) is 18.2 Å². The van der Waals surface area contributed by atoms with Gasteiger partial charge in [0.15, 0.2) is 5.82 Å². The Morgan fingerprint density at radius 2 is 1.83 bits per heavy atom. The lowest BCUT2D eigenvalue weighted by atomic mass is 10.0. The molecule has 0 atom stereocenters. The van der Waals surface area contributed by atoms with Crippen molar-refractivity contribution in [3.05, 3.63) is 54.4 Å². The molecule has 0 fully saturated rings. The van der Waals surface area contributed by atoms with Crippen LogP contribution in [0.1, 0.15) is 12.2 Å². The number of aromatic amines is 1. The van der Waals surface area contributed by atoms with E-state index in [1.165, 1.54) is 0 Å². The summed E-state index contributed by atoms with van der Waals surface area (Å²) in [6.45, 7) is 0.145. The van der Waals surface area contributed by atoms with Gasteiger partial charge in [0, 0.05) is 18.4 Å². The second-order valence-electron chi connectivity index (χ2n) is 5.83. The van der Waals surface area contributed by atoms with Crippen LogP contribution in [0, 0.1) is 0 Å². The SMILES string of the molecule is Nc1nc2cc(-c3ccccc3)ccc2c2[nH]c(CCCO)nc12. The van der Waals surface area contributed by atoms with Gasteiger partial charge < -0.3 is 15.8 Å². The molecule has 0 amide bonds. The number of nitrogen functional groups attached to an aromatic ring is 1. The summed E-state index contributed by atoms with van der Waals surface area (Å²) >= 11 is 0. The van der Waals surface area contributed by atoms with Crippen molar-refractivity contribution in [2.75, 3.05) is 12.3 Å². The Labute approximate surface area is 139 Å². The summed E-state index contributed by atoms with van der Waals surface area (Å²) < 4.78 is 0. The molecular formula is C19H18N4O. The number of pyridine rings is 1. The number of fused-ring (bicyclic) bond motifs is 3. The Balaban J connectivity index is 1.88. The van der Waals surface area contributed by atoms with Gasteiger partial charge in [0.25, 0.3) is 0 Å². The minimum atomic E-state index is 0.145. The predicted molar refractivity (Wildman–Crippen MR) is 96.6 cm³/mol. The second kappa shape index (κ2) is 5.94. The zero-order valence-electron chi connectivity index (χ0n) is 13.2. The zero-order chi connectivity index (χ0) is 16.5. The summed E-state index contributed by atoms with van der Waals surface area (Å²) in [6.07, 6.45) is 1.36. The first-order valence-corrected chi connectivity index (χ1v) is 8.00. The average molecular weight is 318 g/mol. The smallest absolute Gasteiger partial charge is 0.152 e. The van der Waals surface area contributed by atoms with Crippen LogP contribution in [0.2, 0.25) is 0 Å². The number of nitrogens with two attached hydrogens (primary N) is 1. The van der Waals surface area contributed by atoms with Gasteiger partial charge in [0.2, 0.25) is 0 Å². The van der Waals surface area contributed by atoms with Crippen LogP contribution < -0.4 is 5.73 Å². The van der Waals surface area contributed by atoms with Gasteiger partial charge in [-0.1, -0.05) is 42.5 Å². The Hall–Kier alpha value is -2.92. The highest BCUT2D eigenvalue weighted by Gasteiger charge is 2.12. The van der Waals surface area contributed by atoms with Crippen LogP contribution in [0.3, 0.4) is 0 Å². The first-order valence-electron chi connectivity index (χ1n) is 8.00. The molecule has 0 spiro atoms. The lowest BCUT2D eigenvalue weighted by Crippen LogP contribution is -1.93. The monoisotopic (exact) mass is 318 g/mol. The minimum absolute atomic E-state index is 0.145. The largest absolute Gasteiger partial charge is 0.396 e. The van der Waals surface area contributed by atoms with E-state index >= 15 is 0 Å². The van der Waals surface area contributed by atoms with E-state index in [0.717, 1.165) is 33.4 Å². The number of nitrogens with one attached hydrogen (secondary N) is 1. The number of H-pyrrole nitrogens is 1. The second-order valence-corrected chi connectivity index (χ2v) is 5.83. The number of aliphatic hydroxyl groups is 1. The third-order valence-electron chi connectivity index (χ3n) is 4.18. The number of hydrogen-bond acceptors (Lipinski definition) is 4. The Morgan fingerprint density at radius 1 is 1.00 bits per heavy atom. The van der Waals surface area contributed by atoms with Crippen molar-refractivity contribution >= 4 is 27.8 Å². The van der Waals surface area contributed by atoms with Crippen molar-refractivity contribution in [1.82, 2.24) is 15.0 Å². The molecule has 0 aliphatic rings. The Morgan fingerprint density at radius 3 is 2.62 bits per heavy atom. The minimum Gasteiger partial charge on any atom is -0.396 e. The molecule has 120 valence electrons. The molecule has 0 saturated heterocycles. The van der Waals surface area contributed by atoms with Crippen molar-refractivity contribution in [2.24, 2.45) is 0 Å². The first-order chi connectivity index (χ1) is 11.8. The van der Waals surface area contributed by atoms with Gasteiger partial charge in [-0.15, -0.1) is 0 Å². The molecule has 0 aliphatic carbocycles. The molecule has 2 aromatic heterocycles. The summed E-state index contributed by atoms with van der Waals surface area (Å²) in [5.41, 5.74) is 10.8. The number of hydrogen-bond donors (Lipinski definition) is 3. The lowest BCUT2D eigenvalue weighted by Gasteiger charge is -2.05. The molecule has 4 aromatic rings. The molecule has 0 unspecified atom stereocenters. The lowest BCUT2D eigenvalue weighted by molar-refractivity contribution is 0.287. The van der Waals surface area contributed by atoms with Crippen LogP contribution in [-0.2, 0) is 6.42 Å². The molecule has 2 heterocycles. The number of rotatable bonds is 4. The van der Waals surface area contributed by atoms with Crippen LogP contribution in [0.4, 0.5) is 5.82 Å². The van der Waals surface area contributed by atoms with E-state index in [4.69, 9.17) is 10.8 Å². The summed E-state index contributed by atoms with van der Waals surface area (Å²) in [5.74, 6) is 1.25. The van der Waals surface area contributed by atoms with Crippen LogP contribution >= 0.6 is 0 Å². The average Bonchev–Trinajstić information content (AvgIpc) is 3.05. The van der Waals surface area contributed by atoms with E-state index < -0.39 is 0 Å². The summed E-state index contributed by atoms with van der Waals surface area (Å²) in [6, 6.07) is 16.4. The molecule has 0 radical (unpaired) electrons. The van der Waals surface area contributed by atoms with Crippen LogP contribution in [0.25, 0.3) is 33.1 Å². The maximum Gasteiger partial charge on any atom is 0.152 e. The number of imidazole rings is 1. The standard InChI is InChI=1S/C19H18N4O/c20-19-18-17(22-16(23-18)7-4-10-24)14-9-8-13(11-15(14)21-19)12-5-2-1-3-6-12/h1-3,5-6,8-9,11,24H,4,7,10H2,(H2,20,21)(H,22,23). The summed E-state index contributed by atoms with van der Waals surface area (Å²) in [7, 11) is 0. The number of benzene rings is 2. The van der Waals surface area contributed by atoms with Gasteiger partial charge in [-0.05, 0) is 23.6 Å². The van der Waals surface area contributed by atoms with Gasteiger partial charge >= 0.3 is 0 Å². The van der Waals surface area contributed by atoms with Crippen molar-refractivity contribution in [2.45, 2.75) is 12.8 Å². The molecule has 4 rings (SSSR count). The van der Waals surface area contributed by atoms with Crippen LogP contribution in [0.5, 0.6) is 0 Å². The molecule has 0 saturated carbocycles. The molecule has 24 heavy (non-hydrogen) atoms. The highest BCUT2D eigenvalue weighted by molar-refractivity contribution is 6.07. The molecule has 2 aromatic carbocycles. The number of aliphatic hydroxyl groups excluding tert-OH is 1. The maximum atomic E-state index is 8.99. The Kier molecular flexibility index (Phi) is 3.63. The van der Waals surface area contributed by atoms with E-state index in [0.29, 0.717) is 24.2 Å². The van der Waals surface area contributed by atoms with Gasteiger partial charge in [0.05, 0.1) is 11.0 Å². The normalized spacial score (nSPS) is 11.4. The molecular weight excluding hydrogens is 300 g/mol. The number of aromatic nitrogens is 3. The predicted octanol–water partition coefficient (Wildman–Crippen LogP) is 3.29. The highest BCUT2D eigenvalue weighted by atomic mass is 16.2. The van der Waals surface area contributed by atoms with E-state index in [-0.39, 0.29) is 6.61 Å². The number of nitrogens with zero attached hydrogens (tertiary/aromatic N) is 2. The highest BCUT2D eigenvalue weighted by Crippen LogP contribution is 2.30. The Bertz CT molecular complexity index is 1010. The maximum absolute atomic E-state index is 8.99. The molecule has 0 bridgehead atoms. The molecule has 5 nitrogen and oxygen atoms in total. The number of aryl methyl sites for hydroxylation is 1. The van der Waals surface area contributed by atoms with Crippen molar-refractivity contribution in [3.8, 4) is 11.1 Å². The van der Waals surface area contributed by atoms with Crippen LogP contribution in [-0.4, -0.2) is 26.7 Å². The van der Waals surface area contributed by atoms with Crippen molar-refractivity contribution in [3.63, 3.8) is 0 Å². The third kappa shape index (κ3) is 2.49.